The summed E-state index contributed by atoms with van der Waals surface area (Å²) in [7, 11) is 1.50. The summed E-state index contributed by atoms with van der Waals surface area (Å²) in [6.45, 7) is 10.1. The molecule has 0 aliphatic heterocycles. The minimum Gasteiger partial charge on any atom is -0.504 e. The standard InChI is InChI=1S/C25H34N2O4S/c1-16-7-8-18(13-17(16)2)10-12-22(31-23(29)25(3,4)5)27-24(32)26-15-19-9-11-20(28)21(14-19)30-6/h7-9,11,13-14,22,28H,10,12,15H2,1-6H3,(H2,26,27,32). The minimum atomic E-state index is -0.613. The summed E-state index contributed by atoms with van der Waals surface area (Å²) in [5.74, 6) is 0.187. The Morgan fingerprint density at radius 3 is 2.41 bits per heavy atom. The van der Waals surface area contributed by atoms with E-state index in [1.54, 1.807) is 18.2 Å². The molecule has 2 rings (SSSR count). The van der Waals surface area contributed by atoms with Crippen molar-refractivity contribution in [3.63, 3.8) is 0 Å². The number of thiocarbonyl (C=S) groups is 1. The number of phenolic OH excluding ortho intramolecular Hbond substituents is 1. The fourth-order valence-corrected chi connectivity index (χ4v) is 3.14. The summed E-state index contributed by atoms with van der Waals surface area (Å²) in [5, 5.41) is 16.4. The molecule has 0 heterocycles. The van der Waals surface area contributed by atoms with Crippen LogP contribution in [-0.2, 0) is 22.5 Å². The summed E-state index contributed by atoms with van der Waals surface area (Å²) in [5.41, 5.74) is 3.95. The first-order valence-electron chi connectivity index (χ1n) is 10.7. The third-order valence-electron chi connectivity index (χ3n) is 5.12. The largest absolute Gasteiger partial charge is 0.504 e. The highest BCUT2D eigenvalue weighted by Gasteiger charge is 2.26. The summed E-state index contributed by atoms with van der Waals surface area (Å²) >= 11 is 5.44. The predicted molar refractivity (Wildman–Crippen MR) is 131 cm³/mol. The lowest BCUT2D eigenvalue weighted by Gasteiger charge is -2.25. The molecule has 0 spiro atoms. The Labute approximate surface area is 196 Å². The monoisotopic (exact) mass is 458 g/mol. The third-order valence-corrected chi connectivity index (χ3v) is 5.38. The molecule has 7 heteroatoms. The van der Waals surface area contributed by atoms with Crippen molar-refractivity contribution in [1.82, 2.24) is 10.6 Å². The molecule has 0 saturated carbocycles. The van der Waals surface area contributed by atoms with E-state index in [0.717, 1.165) is 12.0 Å². The molecule has 0 amide bonds. The number of hydrogen-bond acceptors (Lipinski definition) is 5. The topological polar surface area (TPSA) is 79.8 Å². The van der Waals surface area contributed by atoms with Gasteiger partial charge in [0.25, 0.3) is 0 Å². The lowest BCUT2D eigenvalue weighted by molar-refractivity contribution is -0.159. The number of aromatic hydroxyl groups is 1. The lowest BCUT2D eigenvalue weighted by Crippen LogP contribution is -2.45. The zero-order valence-corrected chi connectivity index (χ0v) is 20.6. The molecule has 0 saturated heterocycles. The van der Waals surface area contributed by atoms with Crippen molar-refractivity contribution in [3.8, 4) is 11.5 Å². The van der Waals surface area contributed by atoms with Gasteiger partial charge in [0.05, 0.1) is 12.5 Å². The number of phenols is 1. The van der Waals surface area contributed by atoms with Gasteiger partial charge in [-0.3, -0.25) is 4.79 Å². The van der Waals surface area contributed by atoms with E-state index in [9.17, 15) is 9.90 Å². The Morgan fingerprint density at radius 1 is 1.09 bits per heavy atom. The summed E-state index contributed by atoms with van der Waals surface area (Å²) < 4.78 is 10.9. The van der Waals surface area contributed by atoms with Crippen LogP contribution < -0.4 is 15.4 Å². The van der Waals surface area contributed by atoms with Gasteiger partial charge in [-0.15, -0.1) is 0 Å². The molecule has 2 aromatic carbocycles. The number of rotatable bonds is 8. The maximum Gasteiger partial charge on any atom is 0.313 e. The highest BCUT2D eigenvalue weighted by Crippen LogP contribution is 2.26. The summed E-state index contributed by atoms with van der Waals surface area (Å²) in [6.07, 6.45) is 0.769. The average Bonchev–Trinajstić information content (AvgIpc) is 2.73. The van der Waals surface area contributed by atoms with Crippen molar-refractivity contribution in [1.29, 1.82) is 0 Å². The first-order valence-corrected chi connectivity index (χ1v) is 11.1. The van der Waals surface area contributed by atoms with Gasteiger partial charge in [0.1, 0.15) is 0 Å². The van der Waals surface area contributed by atoms with Gasteiger partial charge >= 0.3 is 5.97 Å². The normalized spacial score (nSPS) is 12.1. The second-order valence-electron chi connectivity index (χ2n) is 8.93. The van der Waals surface area contributed by atoms with E-state index >= 15 is 0 Å². The Bertz CT molecular complexity index is 953. The molecule has 1 unspecified atom stereocenters. The van der Waals surface area contributed by atoms with Crippen LogP contribution in [0.5, 0.6) is 11.5 Å². The molecule has 0 bridgehead atoms. The number of carbonyl (C=O) groups excluding carboxylic acids is 1. The molecular weight excluding hydrogens is 424 g/mol. The quantitative estimate of drug-likeness (QED) is 0.305. The fraction of sp³-hybridized carbons (Fsp3) is 0.440. The number of nitrogens with one attached hydrogen (secondary N) is 2. The molecule has 1 atom stereocenters. The van der Waals surface area contributed by atoms with Crippen LogP contribution in [-0.4, -0.2) is 29.5 Å². The Hall–Kier alpha value is -2.80. The van der Waals surface area contributed by atoms with Gasteiger partial charge in [-0.2, -0.15) is 0 Å². The van der Waals surface area contributed by atoms with Gasteiger partial charge in [0, 0.05) is 13.0 Å². The van der Waals surface area contributed by atoms with Crippen molar-refractivity contribution >= 4 is 23.3 Å². The van der Waals surface area contributed by atoms with Gasteiger partial charge in [0.15, 0.2) is 22.8 Å². The number of aryl methyl sites for hydroxylation is 3. The van der Waals surface area contributed by atoms with E-state index in [1.807, 2.05) is 20.8 Å². The summed E-state index contributed by atoms with van der Waals surface area (Å²) in [6, 6.07) is 11.5. The molecule has 3 N–H and O–H groups in total. The summed E-state index contributed by atoms with van der Waals surface area (Å²) in [4.78, 5) is 12.5. The minimum absolute atomic E-state index is 0.0810. The molecule has 0 aliphatic carbocycles. The number of benzene rings is 2. The number of carbonyl (C=O) groups is 1. The number of methoxy groups -OCH3 is 1. The maximum absolute atomic E-state index is 12.5. The van der Waals surface area contributed by atoms with Crippen LogP contribution >= 0.6 is 12.2 Å². The Morgan fingerprint density at radius 2 is 1.78 bits per heavy atom. The first kappa shape index (κ1) is 25.5. The molecule has 174 valence electrons. The molecule has 0 aliphatic rings. The Kier molecular flexibility index (Phi) is 8.89. The predicted octanol–water partition coefficient (Wildman–Crippen LogP) is 4.53. The van der Waals surface area contributed by atoms with E-state index < -0.39 is 11.6 Å². The van der Waals surface area contributed by atoms with Crippen molar-refractivity contribution in [2.45, 2.75) is 60.2 Å². The number of hydrogen-bond donors (Lipinski definition) is 3. The second-order valence-corrected chi connectivity index (χ2v) is 9.34. The van der Waals surface area contributed by atoms with E-state index in [4.69, 9.17) is 21.7 Å². The van der Waals surface area contributed by atoms with E-state index in [1.165, 1.54) is 23.8 Å². The van der Waals surface area contributed by atoms with Crippen molar-refractivity contribution in [2.24, 2.45) is 5.41 Å². The smallest absolute Gasteiger partial charge is 0.313 e. The van der Waals surface area contributed by atoms with Gasteiger partial charge in [0.2, 0.25) is 0 Å². The lowest BCUT2D eigenvalue weighted by atomic mass is 9.97. The molecule has 2 aromatic rings. The van der Waals surface area contributed by atoms with Crippen LogP contribution in [0.2, 0.25) is 0 Å². The molecule has 6 nitrogen and oxygen atoms in total. The van der Waals surface area contributed by atoms with Gasteiger partial charge in [-0.05, 0) is 87.6 Å². The maximum atomic E-state index is 12.5. The molecular formula is C25H34N2O4S. The molecule has 0 radical (unpaired) electrons. The van der Waals surface area contributed by atoms with Crippen LogP contribution in [0.4, 0.5) is 0 Å². The highest BCUT2D eigenvalue weighted by atomic mass is 32.1. The first-order chi connectivity index (χ1) is 15.0. The van der Waals surface area contributed by atoms with E-state index in [2.05, 4.69) is 42.7 Å². The second kappa shape index (κ2) is 11.2. The van der Waals surface area contributed by atoms with Gasteiger partial charge in [-0.1, -0.05) is 24.3 Å². The van der Waals surface area contributed by atoms with Crippen LogP contribution in [0.3, 0.4) is 0 Å². The van der Waals surface area contributed by atoms with Crippen LogP contribution in [0.15, 0.2) is 36.4 Å². The fourth-order valence-electron chi connectivity index (χ4n) is 2.93. The number of esters is 1. The zero-order valence-electron chi connectivity index (χ0n) is 19.7. The van der Waals surface area contributed by atoms with Gasteiger partial charge in [-0.25, -0.2) is 0 Å². The van der Waals surface area contributed by atoms with Crippen LogP contribution in [0, 0.1) is 19.3 Å². The zero-order chi connectivity index (χ0) is 23.9. The van der Waals surface area contributed by atoms with Crippen molar-refractivity contribution < 1.29 is 19.4 Å². The molecule has 0 aromatic heterocycles. The SMILES string of the molecule is COc1cc(CNC(=S)NC(CCc2ccc(C)c(C)c2)OC(=O)C(C)(C)C)ccc1O. The highest BCUT2D eigenvalue weighted by molar-refractivity contribution is 7.80. The van der Waals surface area contributed by atoms with Gasteiger partial charge < -0.3 is 25.2 Å². The van der Waals surface area contributed by atoms with Crippen molar-refractivity contribution in [3.05, 3.63) is 58.7 Å². The van der Waals surface area contributed by atoms with Crippen molar-refractivity contribution in [2.75, 3.05) is 7.11 Å². The third kappa shape index (κ3) is 7.71. The van der Waals surface area contributed by atoms with E-state index in [-0.39, 0.29) is 11.7 Å². The van der Waals surface area contributed by atoms with Crippen LogP contribution in [0.1, 0.15) is 49.4 Å². The van der Waals surface area contributed by atoms with E-state index in [0.29, 0.717) is 23.8 Å². The van der Waals surface area contributed by atoms with Crippen LogP contribution in [0.25, 0.3) is 0 Å². The molecule has 0 fully saturated rings. The number of ether oxygens (including phenoxy) is 2. The molecule has 32 heavy (non-hydrogen) atoms. The Balaban J connectivity index is 2.01. The average molecular weight is 459 g/mol.